The van der Waals surface area contributed by atoms with Crippen molar-refractivity contribution < 1.29 is 9.15 Å². The molecular weight excluding hydrogens is 520 g/mol. The van der Waals surface area contributed by atoms with Gasteiger partial charge in [-0.05, 0) is 50.0 Å². The molecule has 3 aliphatic rings. The monoisotopic (exact) mass is 550 g/mol. The normalized spacial score (nSPS) is 25.3. The summed E-state index contributed by atoms with van der Waals surface area (Å²) in [5.74, 6) is 1.72. The van der Waals surface area contributed by atoms with Gasteiger partial charge in [0.05, 0.1) is 23.8 Å². The van der Waals surface area contributed by atoms with E-state index in [1.807, 2.05) is 6.07 Å². The van der Waals surface area contributed by atoms with Crippen LogP contribution in [0.5, 0.6) is 0 Å². The molecule has 39 heavy (non-hydrogen) atoms. The summed E-state index contributed by atoms with van der Waals surface area (Å²) in [5, 5.41) is 6.78. The lowest BCUT2D eigenvalue weighted by Gasteiger charge is -2.39. The molecule has 0 radical (unpaired) electrons. The SMILES string of the molecule is C[C@H]1CC[C@H](Cn2c(N3CCO[C@@H]4CCC[C@H]43)nc3nc(-c4n[nH]c(=O)o4)nc(-c4cncc(Cl)c4)c32)CC1. The van der Waals surface area contributed by atoms with Crippen molar-refractivity contribution in [2.24, 2.45) is 11.8 Å². The van der Waals surface area contributed by atoms with Crippen molar-refractivity contribution >= 4 is 28.7 Å². The van der Waals surface area contributed by atoms with Crippen LogP contribution in [0.25, 0.3) is 34.1 Å². The molecule has 0 unspecified atom stereocenters. The zero-order valence-electron chi connectivity index (χ0n) is 21.8. The van der Waals surface area contributed by atoms with Gasteiger partial charge < -0.3 is 18.6 Å². The van der Waals surface area contributed by atoms with Gasteiger partial charge in [-0.1, -0.05) is 31.4 Å². The number of ether oxygens (including phenoxy) is 1. The van der Waals surface area contributed by atoms with E-state index in [1.54, 1.807) is 12.4 Å². The Hall–Kier alpha value is -3.31. The highest BCUT2D eigenvalue weighted by Crippen LogP contribution is 2.39. The van der Waals surface area contributed by atoms with Crippen LogP contribution in [0.3, 0.4) is 0 Å². The first-order chi connectivity index (χ1) is 19.0. The predicted molar refractivity (Wildman–Crippen MR) is 146 cm³/mol. The lowest BCUT2D eigenvalue weighted by molar-refractivity contribution is 0.0247. The van der Waals surface area contributed by atoms with Crippen LogP contribution in [0.2, 0.25) is 5.02 Å². The summed E-state index contributed by atoms with van der Waals surface area (Å²) >= 11 is 6.38. The number of aromatic nitrogens is 7. The molecule has 0 amide bonds. The van der Waals surface area contributed by atoms with Crippen LogP contribution in [-0.4, -0.2) is 60.0 Å². The van der Waals surface area contributed by atoms with Gasteiger partial charge in [0, 0.05) is 31.0 Å². The first-order valence-electron chi connectivity index (χ1n) is 13.9. The molecule has 204 valence electrons. The van der Waals surface area contributed by atoms with Crippen molar-refractivity contribution in [3.63, 3.8) is 0 Å². The second-order valence-corrected chi connectivity index (χ2v) is 11.6. The average molecular weight is 551 g/mol. The van der Waals surface area contributed by atoms with Crippen molar-refractivity contribution in [2.75, 3.05) is 18.1 Å². The summed E-state index contributed by atoms with van der Waals surface area (Å²) in [7, 11) is 0. The molecule has 0 aromatic carbocycles. The van der Waals surface area contributed by atoms with E-state index in [2.05, 4.69) is 31.6 Å². The van der Waals surface area contributed by atoms with Gasteiger partial charge in [0.1, 0.15) is 11.2 Å². The Morgan fingerprint density at radius 2 is 1.97 bits per heavy atom. The van der Waals surface area contributed by atoms with Gasteiger partial charge in [-0.25, -0.2) is 19.9 Å². The van der Waals surface area contributed by atoms with E-state index in [1.165, 1.54) is 25.7 Å². The third-order valence-electron chi connectivity index (χ3n) is 8.51. The van der Waals surface area contributed by atoms with Crippen molar-refractivity contribution in [1.29, 1.82) is 0 Å². The molecule has 4 aromatic heterocycles. The number of hydrogen-bond acceptors (Lipinski definition) is 9. The molecule has 5 heterocycles. The fourth-order valence-electron chi connectivity index (χ4n) is 6.52. The van der Waals surface area contributed by atoms with Crippen molar-refractivity contribution in [3.8, 4) is 23.0 Å². The summed E-state index contributed by atoms with van der Waals surface area (Å²) < 4.78 is 13.7. The Labute approximate surface area is 230 Å². The molecule has 4 aromatic rings. The topological polar surface area (TPSA) is 128 Å². The molecule has 12 heteroatoms. The minimum Gasteiger partial charge on any atom is -0.384 e. The van der Waals surface area contributed by atoms with Crippen molar-refractivity contribution in [3.05, 3.63) is 34.0 Å². The molecule has 7 rings (SSSR count). The molecule has 2 aliphatic carbocycles. The third-order valence-corrected chi connectivity index (χ3v) is 8.71. The molecule has 0 spiro atoms. The Kier molecular flexibility index (Phi) is 6.35. The Morgan fingerprint density at radius 1 is 1.10 bits per heavy atom. The highest BCUT2D eigenvalue weighted by Gasteiger charge is 2.39. The van der Waals surface area contributed by atoms with Gasteiger partial charge in [0.25, 0.3) is 5.89 Å². The zero-order chi connectivity index (χ0) is 26.5. The van der Waals surface area contributed by atoms with Crippen LogP contribution >= 0.6 is 11.6 Å². The van der Waals surface area contributed by atoms with E-state index in [0.29, 0.717) is 28.9 Å². The van der Waals surface area contributed by atoms with Crippen LogP contribution < -0.4 is 10.7 Å². The van der Waals surface area contributed by atoms with Crippen LogP contribution in [0.4, 0.5) is 5.95 Å². The number of rotatable bonds is 5. The zero-order valence-corrected chi connectivity index (χ0v) is 22.6. The van der Waals surface area contributed by atoms with E-state index in [9.17, 15) is 4.79 Å². The quantitative estimate of drug-likeness (QED) is 0.382. The minimum absolute atomic E-state index is 0.0118. The van der Waals surface area contributed by atoms with Gasteiger partial charge >= 0.3 is 5.76 Å². The summed E-state index contributed by atoms with van der Waals surface area (Å²) in [6.45, 7) is 4.62. The van der Waals surface area contributed by atoms with Crippen LogP contribution in [0.1, 0.15) is 51.9 Å². The van der Waals surface area contributed by atoms with Gasteiger partial charge in [-0.2, -0.15) is 4.98 Å². The van der Waals surface area contributed by atoms with Crippen molar-refractivity contribution in [2.45, 2.75) is 70.6 Å². The highest BCUT2D eigenvalue weighted by molar-refractivity contribution is 6.30. The first-order valence-corrected chi connectivity index (χ1v) is 14.2. The smallest absolute Gasteiger partial charge is 0.384 e. The lowest BCUT2D eigenvalue weighted by Crippen LogP contribution is -2.49. The van der Waals surface area contributed by atoms with E-state index >= 15 is 0 Å². The van der Waals surface area contributed by atoms with E-state index in [0.717, 1.165) is 55.3 Å². The number of pyridine rings is 1. The number of nitrogens with one attached hydrogen (secondary N) is 1. The van der Waals surface area contributed by atoms with E-state index < -0.39 is 5.76 Å². The maximum Gasteiger partial charge on any atom is 0.434 e. The number of aromatic amines is 1. The molecule has 2 saturated carbocycles. The van der Waals surface area contributed by atoms with Crippen molar-refractivity contribution in [1.82, 2.24) is 34.7 Å². The van der Waals surface area contributed by atoms with Crippen LogP contribution in [-0.2, 0) is 11.3 Å². The van der Waals surface area contributed by atoms with Gasteiger partial charge in [-0.3, -0.25) is 4.98 Å². The molecule has 1 saturated heterocycles. The minimum atomic E-state index is -0.669. The average Bonchev–Trinajstić information content (AvgIpc) is 3.68. The highest BCUT2D eigenvalue weighted by atomic mass is 35.5. The lowest BCUT2D eigenvalue weighted by atomic mass is 9.83. The van der Waals surface area contributed by atoms with Crippen LogP contribution in [0, 0.1) is 11.8 Å². The maximum atomic E-state index is 11.7. The molecular formula is C27H31ClN8O3. The van der Waals surface area contributed by atoms with Gasteiger partial charge in [0.15, 0.2) is 5.65 Å². The summed E-state index contributed by atoms with van der Waals surface area (Å²) in [6, 6.07) is 2.12. The number of anilines is 1. The molecule has 0 bridgehead atoms. The van der Waals surface area contributed by atoms with Gasteiger partial charge in [-0.15, -0.1) is 5.10 Å². The Balaban J connectivity index is 1.44. The Bertz CT molecular complexity index is 1560. The summed E-state index contributed by atoms with van der Waals surface area (Å²) in [6.07, 6.45) is 11.7. The fourth-order valence-corrected chi connectivity index (χ4v) is 6.70. The molecule has 3 fully saturated rings. The van der Waals surface area contributed by atoms with E-state index in [-0.39, 0.29) is 23.9 Å². The third kappa shape index (κ3) is 4.61. The largest absolute Gasteiger partial charge is 0.434 e. The molecule has 2 atom stereocenters. The number of H-pyrrole nitrogens is 1. The number of nitrogens with zero attached hydrogens (tertiary/aromatic N) is 7. The standard InChI is InChI=1S/C27H31ClN8O3/c1-15-5-7-16(8-6-15)14-36-22-21(17-11-18(28)13-29-12-17)30-24(25-33-34-27(37)39-25)31-23(22)32-26(36)35-9-10-38-20-4-2-3-19(20)35/h11-13,15-16,19-20H,2-10,14H2,1H3,(H,34,37)/t15-,16-,19-,20-/m1/s1. The fraction of sp³-hybridized carbons (Fsp3) is 0.556. The first kappa shape index (κ1) is 24.7. The second kappa shape index (κ2) is 10.0. The number of imidazole rings is 1. The number of morpholine rings is 1. The molecule has 1 N–H and O–H groups in total. The van der Waals surface area contributed by atoms with Gasteiger partial charge in [0.2, 0.25) is 11.8 Å². The maximum absolute atomic E-state index is 11.7. The second-order valence-electron chi connectivity index (χ2n) is 11.1. The Morgan fingerprint density at radius 3 is 2.77 bits per heavy atom. The summed E-state index contributed by atoms with van der Waals surface area (Å²) in [5.41, 5.74) is 2.73. The van der Waals surface area contributed by atoms with Crippen LogP contribution in [0.15, 0.2) is 27.7 Å². The summed E-state index contributed by atoms with van der Waals surface area (Å²) in [4.78, 5) is 33.3. The molecule has 11 nitrogen and oxygen atoms in total. The molecule has 1 aliphatic heterocycles. The number of halogens is 1. The predicted octanol–water partition coefficient (Wildman–Crippen LogP) is 4.47. The number of fused-ring (bicyclic) bond motifs is 2. The van der Waals surface area contributed by atoms with E-state index in [4.69, 9.17) is 35.7 Å². The number of hydrogen-bond donors (Lipinski definition) is 1.